The Hall–Kier alpha value is -3.67. The number of benzene rings is 2. The van der Waals surface area contributed by atoms with Crippen molar-refractivity contribution in [3.05, 3.63) is 63.8 Å². The van der Waals surface area contributed by atoms with E-state index in [1.165, 1.54) is 0 Å². The molecule has 0 aliphatic carbocycles. The fourth-order valence-corrected chi connectivity index (χ4v) is 3.58. The lowest BCUT2D eigenvalue weighted by atomic mass is 10.1. The molecule has 3 N–H and O–H groups in total. The molecule has 1 amide bonds. The number of anilines is 3. The van der Waals surface area contributed by atoms with E-state index in [1.807, 2.05) is 18.2 Å². The van der Waals surface area contributed by atoms with E-state index in [0.29, 0.717) is 44.1 Å². The molecule has 1 aliphatic heterocycles. The number of imidazole rings is 1. The van der Waals surface area contributed by atoms with Crippen LogP contribution in [0.2, 0.25) is 10.0 Å². The van der Waals surface area contributed by atoms with Crippen molar-refractivity contribution in [3.8, 4) is 17.3 Å². The molecule has 0 saturated carbocycles. The van der Waals surface area contributed by atoms with Crippen molar-refractivity contribution in [1.29, 1.82) is 5.26 Å². The molecule has 0 radical (unpaired) electrons. The van der Waals surface area contributed by atoms with Gasteiger partial charge in [0.05, 0.1) is 15.7 Å². The van der Waals surface area contributed by atoms with Gasteiger partial charge in [0, 0.05) is 23.0 Å². The zero-order valence-corrected chi connectivity index (χ0v) is 16.7. The molecule has 3 heterocycles. The molecular weight excluding hydrogens is 427 g/mol. The first-order valence-corrected chi connectivity index (χ1v) is 9.58. The highest BCUT2D eigenvalue weighted by atomic mass is 35.5. The van der Waals surface area contributed by atoms with Crippen LogP contribution in [0.5, 0.6) is 0 Å². The summed E-state index contributed by atoms with van der Waals surface area (Å²) in [7, 11) is 0. The molecule has 2 aromatic carbocycles. The van der Waals surface area contributed by atoms with Crippen molar-refractivity contribution in [2.75, 3.05) is 10.6 Å². The lowest BCUT2D eigenvalue weighted by Gasteiger charge is -2.18. The summed E-state index contributed by atoms with van der Waals surface area (Å²) in [6.45, 7) is 0.207. The minimum absolute atomic E-state index is 0.207. The zero-order chi connectivity index (χ0) is 20.8. The third-order valence-electron chi connectivity index (χ3n) is 4.74. The molecule has 0 unspecified atom stereocenters. The van der Waals surface area contributed by atoms with Crippen molar-refractivity contribution in [2.45, 2.75) is 6.61 Å². The van der Waals surface area contributed by atoms with Gasteiger partial charge in [0.1, 0.15) is 23.9 Å². The molecule has 4 aromatic rings. The Bertz CT molecular complexity index is 1370. The lowest BCUT2D eigenvalue weighted by Crippen LogP contribution is -2.20. The summed E-state index contributed by atoms with van der Waals surface area (Å²) in [5.41, 5.74) is 4.42. The maximum absolute atomic E-state index is 11.6. The van der Waals surface area contributed by atoms with Crippen LogP contribution < -0.4 is 10.6 Å². The number of nitrogens with one attached hydrogen (secondary N) is 3. The minimum Gasteiger partial charge on any atom is -0.444 e. The fourth-order valence-electron chi connectivity index (χ4n) is 3.29. The third kappa shape index (κ3) is 3.01. The van der Waals surface area contributed by atoms with Crippen molar-refractivity contribution < 1.29 is 9.53 Å². The number of halogens is 2. The Labute approximate surface area is 180 Å². The Morgan fingerprint density at radius 3 is 2.87 bits per heavy atom. The largest absolute Gasteiger partial charge is 0.444 e. The number of hydrogen-bond donors (Lipinski definition) is 3. The predicted octanol–water partition coefficient (Wildman–Crippen LogP) is 5.31. The number of cyclic esters (lactones) is 1. The van der Waals surface area contributed by atoms with Gasteiger partial charge in [-0.2, -0.15) is 5.26 Å². The minimum atomic E-state index is -0.502. The van der Waals surface area contributed by atoms with E-state index in [0.717, 1.165) is 11.1 Å². The third-order valence-corrected chi connectivity index (χ3v) is 5.48. The Morgan fingerprint density at radius 1 is 1.20 bits per heavy atom. The van der Waals surface area contributed by atoms with Crippen LogP contribution in [0.4, 0.5) is 22.0 Å². The highest BCUT2D eigenvalue weighted by Crippen LogP contribution is 2.36. The number of ether oxygens (including phenoxy) is 1. The summed E-state index contributed by atoms with van der Waals surface area (Å²) in [6, 6.07) is 12.9. The van der Waals surface area contributed by atoms with Crippen LogP contribution >= 0.6 is 23.2 Å². The predicted molar refractivity (Wildman–Crippen MR) is 113 cm³/mol. The number of rotatable bonds is 3. The van der Waals surface area contributed by atoms with Crippen LogP contribution in [0.1, 0.15) is 11.1 Å². The number of amides is 1. The van der Waals surface area contributed by atoms with Crippen LogP contribution in [0, 0.1) is 11.3 Å². The van der Waals surface area contributed by atoms with E-state index in [1.54, 1.807) is 28.9 Å². The molecule has 5 rings (SSSR count). The Morgan fingerprint density at radius 2 is 2.07 bits per heavy atom. The summed E-state index contributed by atoms with van der Waals surface area (Å²) in [5.74, 6) is 0.600. The van der Waals surface area contributed by atoms with Crippen LogP contribution in [-0.4, -0.2) is 20.7 Å². The van der Waals surface area contributed by atoms with Gasteiger partial charge in [-0.05, 0) is 24.3 Å². The zero-order valence-electron chi connectivity index (χ0n) is 15.2. The van der Waals surface area contributed by atoms with Gasteiger partial charge in [0.25, 0.3) is 0 Å². The highest BCUT2D eigenvalue weighted by Gasteiger charge is 2.21. The van der Waals surface area contributed by atoms with E-state index in [2.05, 4.69) is 26.8 Å². The number of H-pyrrole nitrogens is 1. The quantitative estimate of drug-likeness (QED) is 0.401. The number of nitrogens with zero attached hydrogens (tertiary/aromatic N) is 3. The van der Waals surface area contributed by atoms with Crippen molar-refractivity contribution >= 4 is 52.1 Å². The monoisotopic (exact) mass is 438 g/mol. The number of carbonyl (C=O) groups excluding carboxylic acids is 1. The average Bonchev–Trinajstić information content (AvgIpc) is 3.30. The number of carbonyl (C=O) groups is 1. The molecule has 8 nitrogen and oxygen atoms in total. The van der Waals surface area contributed by atoms with Gasteiger partial charge in [0.2, 0.25) is 0 Å². The van der Waals surface area contributed by atoms with Crippen LogP contribution in [0.15, 0.2) is 42.6 Å². The van der Waals surface area contributed by atoms with Crippen molar-refractivity contribution in [2.24, 2.45) is 0 Å². The maximum atomic E-state index is 11.6. The van der Waals surface area contributed by atoms with Crippen molar-refractivity contribution in [3.63, 3.8) is 0 Å². The number of hydrogen-bond acceptors (Lipinski definition) is 5. The molecule has 0 saturated heterocycles. The molecule has 2 aromatic heterocycles. The molecule has 10 heteroatoms. The van der Waals surface area contributed by atoms with Gasteiger partial charge in [-0.25, -0.2) is 14.3 Å². The number of aromatic amines is 1. The summed E-state index contributed by atoms with van der Waals surface area (Å²) >= 11 is 12.2. The second kappa shape index (κ2) is 6.99. The molecule has 0 bridgehead atoms. The van der Waals surface area contributed by atoms with Gasteiger partial charge < -0.3 is 10.1 Å². The van der Waals surface area contributed by atoms with Crippen LogP contribution in [0.25, 0.3) is 16.9 Å². The lowest BCUT2D eigenvalue weighted by molar-refractivity contribution is 0.151. The second-order valence-corrected chi connectivity index (χ2v) is 7.41. The summed E-state index contributed by atoms with van der Waals surface area (Å²) in [4.78, 5) is 16.3. The van der Waals surface area contributed by atoms with E-state index in [-0.39, 0.29) is 6.61 Å². The molecule has 1 aliphatic rings. The number of aromatic nitrogens is 3. The fraction of sp³-hybridized carbons (Fsp3) is 0.0500. The average molecular weight is 439 g/mol. The summed E-state index contributed by atoms with van der Waals surface area (Å²) < 4.78 is 6.67. The molecule has 0 fully saturated rings. The molecule has 148 valence electrons. The first-order valence-electron chi connectivity index (χ1n) is 8.82. The van der Waals surface area contributed by atoms with E-state index in [9.17, 15) is 10.1 Å². The van der Waals surface area contributed by atoms with Crippen molar-refractivity contribution in [1.82, 2.24) is 14.6 Å². The van der Waals surface area contributed by atoms with Gasteiger partial charge in [-0.1, -0.05) is 35.3 Å². The molecule has 0 spiro atoms. The molecule has 30 heavy (non-hydrogen) atoms. The van der Waals surface area contributed by atoms with Gasteiger partial charge in [-0.15, -0.1) is 0 Å². The first kappa shape index (κ1) is 18.4. The summed E-state index contributed by atoms with van der Waals surface area (Å²) in [5, 5.41) is 19.3. The molecule has 0 atom stereocenters. The number of nitriles is 1. The Balaban J connectivity index is 1.66. The Kier molecular flexibility index (Phi) is 4.28. The summed E-state index contributed by atoms with van der Waals surface area (Å²) in [6.07, 6.45) is 1.08. The van der Waals surface area contributed by atoms with Crippen LogP contribution in [0.3, 0.4) is 0 Å². The van der Waals surface area contributed by atoms with Gasteiger partial charge in [-0.3, -0.25) is 10.4 Å². The van der Waals surface area contributed by atoms with Crippen LogP contribution in [-0.2, 0) is 11.3 Å². The smallest absolute Gasteiger partial charge is 0.411 e. The maximum Gasteiger partial charge on any atom is 0.411 e. The van der Waals surface area contributed by atoms with Gasteiger partial charge in [0.15, 0.2) is 11.5 Å². The standard InChI is InChI=1S/C20H12Cl2N6O2/c21-14-4-3-13(6-15(14)22)25-19-17(27-18-12(7-23)8-24-28(18)19)10-1-2-11-9-30-20(29)26-16(11)5-10/h1-6,8,24-25H,9H2,(H,26,29). The van der Waals surface area contributed by atoms with E-state index < -0.39 is 6.09 Å². The first-order chi connectivity index (χ1) is 14.5. The highest BCUT2D eigenvalue weighted by molar-refractivity contribution is 6.42. The van der Waals surface area contributed by atoms with Gasteiger partial charge >= 0.3 is 6.09 Å². The van der Waals surface area contributed by atoms with E-state index >= 15 is 0 Å². The second-order valence-electron chi connectivity index (χ2n) is 6.59. The number of fused-ring (bicyclic) bond motifs is 2. The topological polar surface area (TPSA) is 107 Å². The normalized spacial score (nSPS) is 12.8. The SMILES string of the molecule is N#Cc1c[nH]n2c(Nc3ccc(Cl)c(Cl)c3)c(-c3ccc4c(c3)NC(=O)OC4)nc12. The van der Waals surface area contributed by atoms with E-state index in [4.69, 9.17) is 27.9 Å². The molecular formula is C20H12Cl2N6O2.